The molecule has 0 saturated heterocycles. The summed E-state index contributed by atoms with van der Waals surface area (Å²) in [6.07, 6.45) is 5.55. The molecule has 0 N–H and O–H groups in total. The molecule has 0 heterocycles. The molecule has 0 saturated carbocycles. The Kier molecular flexibility index (Phi) is 4.78. The molecule has 0 amide bonds. The van der Waals surface area contributed by atoms with Crippen LogP contribution in [0.3, 0.4) is 0 Å². The van der Waals surface area contributed by atoms with Gasteiger partial charge in [0.15, 0.2) is 0 Å². The van der Waals surface area contributed by atoms with Crippen LogP contribution in [0.1, 0.15) is 0 Å². The predicted molar refractivity (Wildman–Crippen MR) is 101 cm³/mol. The molecule has 110 valence electrons. The molecule has 1 aliphatic rings. The van der Waals surface area contributed by atoms with Crippen molar-refractivity contribution in [2.45, 2.75) is 69.4 Å². The van der Waals surface area contributed by atoms with E-state index in [4.69, 9.17) is 0 Å². The van der Waals surface area contributed by atoms with E-state index in [0.29, 0.717) is 19.6 Å². The van der Waals surface area contributed by atoms with Gasteiger partial charge in [-0.15, -0.1) is 0 Å². The summed E-state index contributed by atoms with van der Waals surface area (Å²) in [5, 5.41) is 1.79. The van der Waals surface area contributed by atoms with Gasteiger partial charge in [0.1, 0.15) is 0 Å². The van der Waals surface area contributed by atoms with Gasteiger partial charge in [0, 0.05) is 0 Å². The molecule has 0 spiro atoms. The normalized spacial score (nSPS) is 20.3. The van der Waals surface area contributed by atoms with Crippen molar-refractivity contribution in [2.75, 3.05) is 0 Å². The van der Waals surface area contributed by atoms with Crippen LogP contribution in [0.15, 0.2) is 21.8 Å². The fraction of sp³-hybridized carbons (Fsp3) is 0.733. The standard InChI is InChI=1S/C15H32SeSi3/c1-16-13-11-15(18(5,6)7,19(8,9)10)12-14(13)17(2,3)4/h11-12H,1-10H3. The maximum absolute atomic E-state index is 2.79. The van der Waals surface area contributed by atoms with E-state index in [-0.39, 0.29) is 0 Å². The van der Waals surface area contributed by atoms with Crippen molar-refractivity contribution in [3.63, 3.8) is 0 Å². The monoisotopic (exact) mass is 376 g/mol. The van der Waals surface area contributed by atoms with Gasteiger partial charge in [0.2, 0.25) is 0 Å². The first kappa shape index (κ1) is 17.7. The van der Waals surface area contributed by atoms with Crippen molar-refractivity contribution in [1.29, 1.82) is 0 Å². The Bertz CT molecular complexity index is 400. The Hall–Kier alpha value is 0.650. The van der Waals surface area contributed by atoms with Crippen LogP contribution < -0.4 is 0 Å². The fourth-order valence-corrected chi connectivity index (χ4v) is 20.6. The second kappa shape index (κ2) is 5.13. The molecule has 0 fully saturated rings. The summed E-state index contributed by atoms with van der Waals surface area (Å²) < 4.78 is 2.22. The quantitative estimate of drug-likeness (QED) is 0.577. The van der Waals surface area contributed by atoms with Gasteiger partial charge in [-0.3, -0.25) is 0 Å². The van der Waals surface area contributed by atoms with Crippen LogP contribution in [0, 0.1) is 0 Å². The molecule has 0 radical (unpaired) electrons. The van der Waals surface area contributed by atoms with Gasteiger partial charge in [-0.1, -0.05) is 0 Å². The third-order valence-corrected chi connectivity index (χ3v) is 18.6. The Labute approximate surface area is 130 Å². The zero-order valence-corrected chi connectivity index (χ0v) is 19.3. The fourth-order valence-electron chi connectivity index (χ4n) is 3.37. The maximum atomic E-state index is 2.79. The summed E-state index contributed by atoms with van der Waals surface area (Å²) in [7, 11) is -3.70. The predicted octanol–water partition coefficient (Wildman–Crippen LogP) is 5.40. The first-order valence-corrected chi connectivity index (χ1v) is 20.3. The minimum atomic E-state index is -1.25. The van der Waals surface area contributed by atoms with E-state index in [0.717, 1.165) is 0 Å². The van der Waals surface area contributed by atoms with Gasteiger partial charge in [-0.05, 0) is 0 Å². The van der Waals surface area contributed by atoms with Crippen molar-refractivity contribution < 1.29 is 0 Å². The summed E-state index contributed by atoms with van der Waals surface area (Å²) in [4.78, 5) is 0. The van der Waals surface area contributed by atoms with E-state index in [2.05, 4.69) is 76.9 Å². The van der Waals surface area contributed by atoms with Gasteiger partial charge in [0.05, 0.1) is 0 Å². The molecule has 1 aliphatic carbocycles. The van der Waals surface area contributed by atoms with Crippen molar-refractivity contribution in [3.05, 3.63) is 21.8 Å². The molecular formula is C15H32SeSi3. The van der Waals surface area contributed by atoms with Crippen LogP contribution in [0.25, 0.3) is 0 Å². The molecule has 0 atom stereocenters. The Balaban J connectivity index is 3.56. The molecule has 0 aromatic rings. The number of rotatable bonds is 4. The summed E-state index contributed by atoms with van der Waals surface area (Å²) in [5.41, 5.74) is 0. The van der Waals surface area contributed by atoms with Crippen LogP contribution in [0.5, 0.6) is 0 Å². The van der Waals surface area contributed by atoms with E-state index in [1.54, 1.807) is 9.67 Å². The van der Waals surface area contributed by atoms with Crippen molar-refractivity contribution >= 4 is 39.2 Å². The SMILES string of the molecule is C[Se]C1=CC([Si](C)(C)C)([Si](C)(C)C)C=C1[Si](C)(C)C. The van der Waals surface area contributed by atoms with Gasteiger partial charge in [-0.2, -0.15) is 0 Å². The molecule has 0 unspecified atom stereocenters. The van der Waals surface area contributed by atoms with Crippen molar-refractivity contribution in [2.24, 2.45) is 0 Å². The van der Waals surface area contributed by atoms with Gasteiger partial charge in [0.25, 0.3) is 0 Å². The van der Waals surface area contributed by atoms with Crippen LogP contribution in [-0.4, -0.2) is 39.2 Å². The van der Waals surface area contributed by atoms with Crippen LogP contribution >= 0.6 is 0 Å². The Morgan fingerprint density at radius 3 is 1.42 bits per heavy atom. The zero-order chi connectivity index (χ0) is 15.3. The van der Waals surface area contributed by atoms with Gasteiger partial charge >= 0.3 is 130 Å². The van der Waals surface area contributed by atoms with E-state index >= 15 is 0 Å². The number of allylic oxidation sites excluding steroid dienone is 4. The second-order valence-electron chi connectivity index (χ2n) is 8.89. The third-order valence-electron chi connectivity index (χ3n) is 4.51. The third kappa shape index (κ3) is 3.13. The molecule has 0 nitrogen and oxygen atoms in total. The van der Waals surface area contributed by atoms with Crippen LogP contribution in [-0.2, 0) is 0 Å². The van der Waals surface area contributed by atoms with Crippen molar-refractivity contribution in [1.82, 2.24) is 0 Å². The first-order valence-electron chi connectivity index (χ1n) is 7.27. The summed E-state index contributed by atoms with van der Waals surface area (Å²) in [6, 6.07) is 0. The van der Waals surface area contributed by atoms with Crippen LogP contribution in [0.2, 0.25) is 69.4 Å². The average Bonchev–Trinajstić information content (AvgIpc) is 2.55. The molecule has 0 aromatic carbocycles. The summed E-state index contributed by atoms with van der Waals surface area (Å²) in [6.45, 7) is 23.0. The second-order valence-corrected chi connectivity index (χ2v) is 26.9. The van der Waals surface area contributed by atoms with Gasteiger partial charge in [-0.25, -0.2) is 0 Å². The van der Waals surface area contributed by atoms with E-state index in [9.17, 15) is 0 Å². The topological polar surface area (TPSA) is 0 Å². The molecular weight excluding hydrogens is 343 g/mol. The van der Waals surface area contributed by atoms with E-state index < -0.39 is 24.2 Å². The summed E-state index contributed by atoms with van der Waals surface area (Å²) in [5.74, 6) is 2.40. The van der Waals surface area contributed by atoms with Crippen molar-refractivity contribution in [3.8, 4) is 0 Å². The molecule has 19 heavy (non-hydrogen) atoms. The molecule has 0 aliphatic heterocycles. The average molecular weight is 376 g/mol. The van der Waals surface area contributed by atoms with Gasteiger partial charge < -0.3 is 0 Å². The first-order chi connectivity index (χ1) is 8.26. The van der Waals surface area contributed by atoms with E-state index in [1.165, 1.54) is 0 Å². The Morgan fingerprint density at radius 1 is 0.789 bits per heavy atom. The number of hydrogen-bond acceptors (Lipinski definition) is 0. The summed E-state index contributed by atoms with van der Waals surface area (Å²) >= 11 is 0.646. The van der Waals surface area contributed by atoms with Crippen LogP contribution in [0.4, 0.5) is 0 Å². The molecule has 0 aromatic heterocycles. The molecule has 1 rings (SSSR count). The number of hydrogen-bond donors (Lipinski definition) is 0. The molecule has 4 heteroatoms. The van der Waals surface area contributed by atoms with E-state index in [1.807, 2.05) is 0 Å². The molecule has 0 bridgehead atoms. The zero-order valence-electron chi connectivity index (χ0n) is 14.6. The Morgan fingerprint density at radius 2 is 1.21 bits per heavy atom. The minimum absolute atomic E-state index is 0.475.